The van der Waals surface area contributed by atoms with Crippen molar-refractivity contribution in [3.8, 4) is 11.6 Å². The van der Waals surface area contributed by atoms with Crippen LogP contribution in [0.25, 0.3) is 4.96 Å². The molecule has 1 fully saturated rings. The summed E-state index contributed by atoms with van der Waals surface area (Å²) in [6, 6.07) is 7.95. The van der Waals surface area contributed by atoms with Crippen LogP contribution in [0.15, 0.2) is 24.3 Å². The van der Waals surface area contributed by atoms with Gasteiger partial charge in [0.15, 0.2) is 5.82 Å². The zero-order valence-corrected chi connectivity index (χ0v) is 16.7. The Kier molecular flexibility index (Phi) is 5.03. The van der Waals surface area contributed by atoms with Crippen LogP contribution in [0.5, 0.6) is 11.6 Å². The highest BCUT2D eigenvalue weighted by Crippen LogP contribution is 2.42. The van der Waals surface area contributed by atoms with Crippen molar-refractivity contribution in [2.45, 2.75) is 19.4 Å². The van der Waals surface area contributed by atoms with E-state index in [1.165, 1.54) is 11.3 Å². The predicted octanol–water partition coefficient (Wildman–Crippen LogP) is 2.40. The van der Waals surface area contributed by atoms with E-state index in [-0.39, 0.29) is 11.9 Å². The lowest BCUT2D eigenvalue weighted by atomic mass is 10.0. The average Bonchev–Trinajstić information content (AvgIpc) is 3.23. The van der Waals surface area contributed by atoms with Crippen LogP contribution in [-0.4, -0.2) is 69.8 Å². The molecule has 0 aliphatic carbocycles. The van der Waals surface area contributed by atoms with Gasteiger partial charge in [-0.2, -0.15) is 4.52 Å². The number of piperazine rings is 1. The Hall–Kier alpha value is -2.16. The van der Waals surface area contributed by atoms with E-state index in [1.54, 1.807) is 11.6 Å². The van der Waals surface area contributed by atoms with Gasteiger partial charge in [0.1, 0.15) is 5.75 Å². The van der Waals surface area contributed by atoms with Crippen LogP contribution in [0, 0.1) is 0 Å². The summed E-state index contributed by atoms with van der Waals surface area (Å²) in [7, 11) is 3.83. The first-order valence-electron chi connectivity index (χ1n) is 9.25. The molecule has 0 bridgehead atoms. The van der Waals surface area contributed by atoms with Gasteiger partial charge in [0.05, 0.1) is 18.0 Å². The molecule has 1 aliphatic rings. The number of aromatic nitrogens is 3. The molecule has 3 heterocycles. The highest BCUT2D eigenvalue weighted by Gasteiger charge is 2.32. The smallest absolute Gasteiger partial charge is 0.230 e. The number of thiazole rings is 1. The Labute approximate surface area is 162 Å². The zero-order valence-electron chi connectivity index (χ0n) is 15.9. The number of likely N-dealkylation sites (N-methyl/N-ethyl adjacent to an activating group) is 1. The topological polar surface area (TPSA) is 66.1 Å². The third-order valence-electron chi connectivity index (χ3n) is 5.14. The summed E-state index contributed by atoms with van der Waals surface area (Å²) in [4.78, 5) is 10.9. The van der Waals surface area contributed by atoms with Gasteiger partial charge in [-0.1, -0.05) is 36.5 Å². The van der Waals surface area contributed by atoms with Crippen molar-refractivity contribution in [2.24, 2.45) is 0 Å². The molecule has 27 heavy (non-hydrogen) atoms. The first kappa shape index (κ1) is 18.2. The van der Waals surface area contributed by atoms with Gasteiger partial charge in [0.25, 0.3) is 0 Å². The lowest BCUT2D eigenvalue weighted by Crippen LogP contribution is -2.46. The van der Waals surface area contributed by atoms with Gasteiger partial charge >= 0.3 is 0 Å². The molecule has 1 saturated heterocycles. The van der Waals surface area contributed by atoms with Crippen molar-refractivity contribution in [2.75, 3.05) is 40.3 Å². The van der Waals surface area contributed by atoms with Crippen LogP contribution in [0.3, 0.4) is 0 Å². The van der Waals surface area contributed by atoms with Crippen LogP contribution >= 0.6 is 11.3 Å². The van der Waals surface area contributed by atoms with E-state index < -0.39 is 0 Å². The van der Waals surface area contributed by atoms with E-state index >= 15 is 0 Å². The number of rotatable bonds is 5. The monoisotopic (exact) mass is 387 g/mol. The Morgan fingerprint density at radius 2 is 1.96 bits per heavy atom. The lowest BCUT2D eigenvalue weighted by Gasteiger charge is -2.38. The number of para-hydroxylation sites is 1. The van der Waals surface area contributed by atoms with Crippen molar-refractivity contribution in [1.29, 1.82) is 0 Å². The fourth-order valence-electron chi connectivity index (χ4n) is 3.59. The second-order valence-electron chi connectivity index (χ2n) is 6.85. The van der Waals surface area contributed by atoms with Crippen LogP contribution in [-0.2, 0) is 6.42 Å². The number of methoxy groups -OCH3 is 1. The molecule has 1 aromatic carbocycles. The maximum Gasteiger partial charge on any atom is 0.230 e. The maximum absolute atomic E-state index is 11.0. The van der Waals surface area contributed by atoms with Crippen LogP contribution in [0.2, 0.25) is 0 Å². The Bertz CT molecular complexity index is 929. The van der Waals surface area contributed by atoms with Crippen molar-refractivity contribution < 1.29 is 9.84 Å². The molecule has 2 aromatic heterocycles. The molecule has 1 N–H and O–H groups in total. The Morgan fingerprint density at radius 3 is 2.63 bits per heavy atom. The quantitative estimate of drug-likeness (QED) is 0.725. The van der Waals surface area contributed by atoms with Gasteiger partial charge in [0.2, 0.25) is 10.8 Å². The molecular weight excluding hydrogens is 362 g/mol. The van der Waals surface area contributed by atoms with Crippen LogP contribution in [0.1, 0.15) is 29.2 Å². The summed E-state index contributed by atoms with van der Waals surface area (Å²) in [5.41, 5.74) is 1.06. The summed E-state index contributed by atoms with van der Waals surface area (Å²) in [5.74, 6) is 1.75. The van der Waals surface area contributed by atoms with Gasteiger partial charge in [-0.05, 0) is 13.1 Å². The van der Waals surface area contributed by atoms with Crippen molar-refractivity contribution in [3.63, 3.8) is 0 Å². The third kappa shape index (κ3) is 3.28. The van der Waals surface area contributed by atoms with E-state index in [1.807, 2.05) is 25.1 Å². The SMILES string of the molecule is CCc1nc2sc(C(c3ccccc3OC)N3CCN(C)CC3)c(O)n2n1. The number of aryl methyl sites for hydroxylation is 1. The predicted molar refractivity (Wildman–Crippen MR) is 106 cm³/mol. The zero-order chi connectivity index (χ0) is 19.0. The third-order valence-corrected chi connectivity index (χ3v) is 6.22. The number of hydrogen-bond donors (Lipinski definition) is 1. The Balaban J connectivity index is 1.82. The minimum absolute atomic E-state index is 0.0894. The second kappa shape index (κ2) is 7.46. The standard InChI is InChI=1S/C19H25N5O2S/c1-4-15-20-19-24(21-15)18(25)17(27-19)16(23-11-9-22(2)10-12-23)13-7-5-6-8-14(13)26-3/h5-8,16,25H,4,9-12H2,1-3H3. The largest absolute Gasteiger partial charge is 0.496 e. The second-order valence-corrected chi connectivity index (χ2v) is 7.86. The fourth-order valence-corrected chi connectivity index (χ4v) is 4.72. The van der Waals surface area contributed by atoms with Gasteiger partial charge in [-0.15, -0.1) is 5.10 Å². The summed E-state index contributed by atoms with van der Waals surface area (Å²) < 4.78 is 7.21. The molecule has 1 atom stereocenters. The average molecular weight is 388 g/mol. The van der Waals surface area contributed by atoms with Crippen LogP contribution < -0.4 is 4.74 Å². The van der Waals surface area contributed by atoms with E-state index in [4.69, 9.17) is 4.74 Å². The molecule has 0 radical (unpaired) electrons. The molecule has 144 valence electrons. The summed E-state index contributed by atoms with van der Waals surface area (Å²) in [6.07, 6.45) is 0.748. The van der Waals surface area contributed by atoms with Gasteiger partial charge < -0.3 is 14.7 Å². The first-order valence-corrected chi connectivity index (χ1v) is 10.1. The summed E-state index contributed by atoms with van der Waals surface area (Å²) >= 11 is 1.51. The van der Waals surface area contributed by atoms with Crippen molar-refractivity contribution in [3.05, 3.63) is 40.5 Å². The van der Waals surface area contributed by atoms with Crippen molar-refractivity contribution >= 4 is 16.3 Å². The van der Waals surface area contributed by atoms with Crippen LogP contribution in [0.4, 0.5) is 0 Å². The molecule has 1 unspecified atom stereocenters. The number of ether oxygens (including phenoxy) is 1. The summed E-state index contributed by atoms with van der Waals surface area (Å²) in [6.45, 7) is 5.85. The number of hydrogen-bond acceptors (Lipinski definition) is 7. The van der Waals surface area contributed by atoms with Crippen molar-refractivity contribution in [1.82, 2.24) is 24.4 Å². The normalized spacial score (nSPS) is 17.4. The van der Waals surface area contributed by atoms with E-state index in [0.717, 1.165) is 59.6 Å². The highest BCUT2D eigenvalue weighted by molar-refractivity contribution is 7.17. The molecule has 3 aromatic rings. The van der Waals surface area contributed by atoms with E-state index in [9.17, 15) is 5.11 Å². The first-order chi connectivity index (χ1) is 13.1. The highest BCUT2D eigenvalue weighted by atomic mass is 32.1. The molecule has 4 rings (SSSR count). The van der Waals surface area contributed by atoms with Gasteiger partial charge in [-0.3, -0.25) is 4.90 Å². The minimum Gasteiger partial charge on any atom is -0.496 e. The van der Waals surface area contributed by atoms with Gasteiger partial charge in [0, 0.05) is 38.2 Å². The number of nitrogens with zero attached hydrogens (tertiary/aromatic N) is 5. The number of aromatic hydroxyl groups is 1. The van der Waals surface area contributed by atoms with E-state index in [0.29, 0.717) is 0 Å². The fraction of sp³-hybridized carbons (Fsp3) is 0.474. The molecule has 7 nitrogen and oxygen atoms in total. The molecule has 0 saturated carbocycles. The molecular formula is C19H25N5O2S. The number of fused-ring (bicyclic) bond motifs is 1. The lowest BCUT2D eigenvalue weighted by molar-refractivity contribution is 0.126. The minimum atomic E-state index is -0.0894. The Morgan fingerprint density at radius 1 is 1.22 bits per heavy atom. The molecule has 0 amide bonds. The van der Waals surface area contributed by atoms with E-state index in [2.05, 4.69) is 33.0 Å². The molecule has 8 heteroatoms. The number of benzene rings is 1. The maximum atomic E-state index is 11.0. The molecule has 1 aliphatic heterocycles. The molecule has 0 spiro atoms. The summed E-state index contributed by atoms with van der Waals surface area (Å²) in [5, 5.41) is 15.4. The van der Waals surface area contributed by atoms with Gasteiger partial charge in [-0.25, -0.2) is 4.98 Å².